The summed E-state index contributed by atoms with van der Waals surface area (Å²) in [5, 5.41) is 1.61. The molecule has 0 saturated carbocycles. The highest BCUT2D eigenvalue weighted by molar-refractivity contribution is 7.12. The highest BCUT2D eigenvalue weighted by Gasteiger charge is 2.29. The largest absolute Gasteiger partial charge is 0.489 e. The van der Waals surface area contributed by atoms with Crippen molar-refractivity contribution in [3.05, 3.63) is 15.8 Å². The average molecular weight is 197 g/mol. The van der Waals surface area contributed by atoms with E-state index >= 15 is 0 Å². The van der Waals surface area contributed by atoms with E-state index in [4.69, 9.17) is 10.5 Å². The molecule has 0 aliphatic carbocycles. The molecule has 0 aromatic carbocycles. The molecule has 2 N–H and O–H groups in total. The van der Waals surface area contributed by atoms with Crippen LogP contribution in [0, 0.1) is 0 Å². The van der Waals surface area contributed by atoms with Gasteiger partial charge < -0.3 is 10.5 Å². The van der Waals surface area contributed by atoms with Gasteiger partial charge in [-0.05, 0) is 0 Å². The summed E-state index contributed by atoms with van der Waals surface area (Å²) in [4.78, 5) is 22.4. The van der Waals surface area contributed by atoms with Crippen molar-refractivity contribution in [2.45, 2.75) is 6.04 Å². The van der Waals surface area contributed by atoms with Gasteiger partial charge in [-0.2, -0.15) is 0 Å². The molecule has 1 unspecified atom stereocenters. The Labute approximate surface area is 78.3 Å². The number of rotatable bonds is 1. The number of ketones is 1. The molecule has 0 amide bonds. The maximum absolute atomic E-state index is 11.4. The summed E-state index contributed by atoms with van der Waals surface area (Å²) < 4.78 is 5.20. The smallest absolute Gasteiger partial charge is 0.187 e. The van der Waals surface area contributed by atoms with Crippen molar-refractivity contribution in [2.24, 2.45) is 5.73 Å². The van der Waals surface area contributed by atoms with Gasteiger partial charge in [0.2, 0.25) is 0 Å². The third-order valence-corrected chi connectivity index (χ3v) is 2.78. The molecule has 5 heteroatoms. The molecule has 0 bridgehead atoms. The molecule has 0 saturated heterocycles. The van der Waals surface area contributed by atoms with Gasteiger partial charge in [0.15, 0.2) is 17.8 Å². The number of aldehydes is 1. The molecule has 68 valence electrons. The number of nitrogens with two attached hydrogens (primary N) is 1. The molecule has 2 heterocycles. The van der Waals surface area contributed by atoms with E-state index in [1.165, 1.54) is 11.3 Å². The maximum Gasteiger partial charge on any atom is 0.187 e. The van der Waals surface area contributed by atoms with Gasteiger partial charge >= 0.3 is 0 Å². The molecule has 2 rings (SSSR count). The van der Waals surface area contributed by atoms with E-state index in [-0.39, 0.29) is 12.4 Å². The summed E-state index contributed by atoms with van der Waals surface area (Å²) in [6, 6.07) is -0.596. The first-order valence-corrected chi connectivity index (χ1v) is 4.61. The first-order chi connectivity index (χ1) is 6.24. The van der Waals surface area contributed by atoms with Crippen LogP contribution < -0.4 is 10.5 Å². The van der Waals surface area contributed by atoms with E-state index in [2.05, 4.69) is 0 Å². The lowest BCUT2D eigenvalue weighted by molar-refractivity contribution is 0.0900. The van der Waals surface area contributed by atoms with Crippen LogP contribution in [0.5, 0.6) is 5.75 Å². The van der Waals surface area contributed by atoms with Crippen LogP contribution in [0.15, 0.2) is 5.38 Å². The van der Waals surface area contributed by atoms with Gasteiger partial charge in [0.1, 0.15) is 17.5 Å². The molecule has 13 heavy (non-hydrogen) atoms. The number of hydrogen-bond donors (Lipinski definition) is 1. The minimum absolute atomic E-state index is 0.148. The van der Waals surface area contributed by atoms with Crippen LogP contribution in [-0.4, -0.2) is 24.7 Å². The molecular weight excluding hydrogens is 190 g/mol. The average Bonchev–Trinajstić information content (AvgIpc) is 2.55. The number of fused-ring (bicyclic) bond motifs is 1. The zero-order chi connectivity index (χ0) is 9.42. The summed E-state index contributed by atoms with van der Waals surface area (Å²) in [5.41, 5.74) is 5.92. The Hall–Kier alpha value is -1.20. The van der Waals surface area contributed by atoms with Crippen molar-refractivity contribution >= 4 is 23.4 Å². The predicted octanol–water partition coefficient (Wildman–Crippen LogP) is 0.463. The standard InChI is InChI=1S/C8H7NO3S/c9-5-2-12-8-4(7(5)11)3-13-6(8)1-10/h1,3,5H,2,9H2. The summed E-state index contributed by atoms with van der Waals surface area (Å²) in [6.07, 6.45) is 0.688. The zero-order valence-corrected chi connectivity index (χ0v) is 7.47. The van der Waals surface area contributed by atoms with Crippen molar-refractivity contribution in [1.29, 1.82) is 0 Å². The fourth-order valence-corrected chi connectivity index (χ4v) is 2.01. The van der Waals surface area contributed by atoms with E-state index in [9.17, 15) is 9.59 Å². The highest BCUT2D eigenvalue weighted by atomic mass is 32.1. The number of ether oxygens (including phenoxy) is 1. The summed E-state index contributed by atoms with van der Waals surface area (Å²) in [7, 11) is 0. The second kappa shape index (κ2) is 2.93. The monoisotopic (exact) mass is 197 g/mol. The minimum atomic E-state index is -0.596. The lowest BCUT2D eigenvalue weighted by atomic mass is 10.1. The van der Waals surface area contributed by atoms with E-state index in [0.29, 0.717) is 22.5 Å². The lowest BCUT2D eigenvalue weighted by Gasteiger charge is -2.18. The van der Waals surface area contributed by atoms with E-state index < -0.39 is 6.04 Å². The van der Waals surface area contributed by atoms with Crippen molar-refractivity contribution < 1.29 is 14.3 Å². The van der Waals surface area contributed by atoms with E-state index in [0.717, 1.165) is 0 Å². The van der Waals surface area contributed by atoms with Crippen LogP contribution in [-0.2, 0) is 0 Å². The number of thiophene rings is 1. The van der Waals surface area contributed by atoms with Crippen LogP contribution in [0.4, 0.5) is 0 Å². The SMILES string of the molecule is NC1COc2c(csc2C=O)C1=O. The fourth-order valence-electron chi connectivity index (χ4n) is 1.21. The van der Waals surface area contributed by atoms with E-state index in [1.807, 2.05) is 0 Å². The molecular formula is C8H7NO3S. The second-order valence-electron chi connectivity index (χ2n) is 2.74. The Morgan fingerprint density at radius 2 is 2.46 bits per heavy atom. The third kappa shape index (κ3) is 1.16. The van der Waals surface area contributed by atoms with Crippen LogP contribution in [0.3, 0.4) is 0 Å². The Kier molecular flexibility index (Phi) is 1.90. The Morgan fingerprint density at radius 1 is 1.69 bits per heavy atom. The fraction of sp³-hybridized carbons (Fsp3) is 0.250. The van der Waals surface area contributed by atoms with Crippen LogP contribution in [0.1, 0.15) is 20.0 Å². The highest BCUT2D eigenvalue weighted by Crippen LogP contribution is 2.32. The zero-order valence-electron chi connectivity index (χ0n) is 6.65. The van der Waals surface area contributed by atoms with Gasteiger partial charge in [-0.3, -0.25) is 9.59 Å². The normalized spacial score (nSPS) is 20.7. The Bertz CT molecular complexity index is 371. The number of carbonyl (C=O) groups is 2. The number of carbonyl (C=O) groups excluding carboxylic acids is 2. The van der Waals surface area contributed by atoms with Crippen molar-refractivity contribution in [3.63, 3.8) is 0 Å². The number of hydrogen-bond acceptors (Lipinski definition) is 5. The lowest BCUT2D eigenvalue weighted by Crippen LogP contribution is -2.39. The first kappa shape index (κ1) is 8.40. The van der Waals surface area contributed by atoms with Gasteiger partial charge in [0.05, 0.1) is 5.56 Å². The van der Waals surface area contributed by atoms with Crippen molar-refractivity contribution in [2.75, 3.05) is 6.61 Å². The first-order valence-electron chi connectivity index (χ1n) is 3.73. The molecule has 1 aliphatic rings. The van der Waals surface area contributed by atoms with Crippen LogP contribution >= 0.6 is 11.3 Å². The summed E-state index contributed by atoms with van der Waals surface area (Å²) in [5.74, 6) is 0.248. The van der Waals surface area contributed by atoms with Gasteiger partial charge in [-0.1, -0.05) is 0 Å². The van der Waals surface area contributed by atoms with Crippen LogP contribution in [0.2, 0.25) is 0 Å². The summed E-state index contributed by atoms with van der Waals surface area (Å²) in [6.45, 7) is 0.156. The maximum atomic E-state index is 11.4. The molecule has 1 atom stereocenters. The molecule has 0 radical (unpaired) electrons. The predicted molar refractivity (Wildman–Crippen MR) is 47.5 cm³/mol. The van der Waals surface area contributed by atoms with E-state index in [1.54, 1.807) is 5.38 Å². The Morgan fingerprint density at radius 3 is 3.15 bits per heavy atom. The minimum Gasteiger partial charge on any atom is -0.489 e. The molecule has 1 aliphatic heterocycles. The quantitative estimate of drug-likeness (QED) is 0.664. The molecule has 0 fully saturated rings. The second-order valence-corrected chi connectivity index (χ2v) is 3.65. The van der Waals surface area contributed by atoms with Crippen molar-refractivity contribution in [3.8, 4) is 5.75 Å². The van der Waals surface area contributed by atoms with Gasteiger partial charge in [-0.25, -0.2) is 0 Å². The topological polar surface area (TPSA) is 69.4 Å². The Balaban J connectivity index is 2.51. The van der Waals surface area contributed by atoms with Crippen LogP contribution in [0.25, 0.3) is 0 Å². The van der Waals surface area contributed by atoms with Gasteiger partial charge in [-0.15, -0.1) is 11.3 Å². The number of Topliss-reactive ketones (excluding diaryl/α,β-unsaturated/α-hetero) is 1. The van der Waals surface area contributed by atoms with Crippen molar-refractivity contribution in [1.82, 2.24) is 0 Å². The molecule has 1 aromatic heterocycles. The molecule has 4 nitrogen and oxygen atoms in total. The van der Waals surface area contributed by atoms with Gasteiger partial charge in [0.25, 0.3) is 0 Å². The third-order valence-electron chi connectivity index (χ3n) is 1.89. The molecule has 0 spiro atoms. The molecule has 1 aromatic rings. The summed E-state index contributed by atoms with van der Waals surface area (Å²) >= 11 is 1.20. The van der Waals surface area contributed by atoms with Gasteiger partial charge in [0, 0.05) is 5.38 Å².